The highest BCUT2D eigenvalue weighted by molar-refractivity contribution is 5.79. The molecule has 15 heavy (non-hydrogen) atoms. The van der Waals surface area contributed by atoms with Crippen molar-refractivity contribution in [3.8, 4) is 11.8 Å². The SMILES string of the molecule is O=CCC#Cc1[nH]nc2nc[nH]c(=O)c12. The van der Waals surface area contributed by atoms with E-state index in [9.17, 15) is 9.59 Å². The highest BCUT2D eigenvalue weighted by atomic mass is 16.1. The Hall–Kier alpha value is -2.42. The zero-order chi connectivity index (χ0) is 10.7. The Morgan fingerprint density at radius 1 is 1.53 bits per heavy atom. The molecule has 0 saturated carbocycles. The summed E-state index contributed by atoms with van der Waals surface area (Å²) < 4.78 is 0. The van der Waals surface area contributed by atoms with Gasteiger partial charge in [-0.15, -0.1) is 0 Å². The molecule has 2 aromatic heterocycles. The largest absolute Gasteiger partial charge is 0.312 e. The van der Waals surface area contributed by atoms with Gasteiger partial charge in [-0.1, -0.05) is 5.92 Å². The van der Waals surface area contributed by atoms with Crippen LogP contribution in [0.5, 0.6) is 0 Å². The maximum Gasteiger partial charge on any atom is 0.263 e. The van der Waals surface area contributed by atoms with Gasteiger partial charge < -0.3 is 9.78 Å². The van der Waals surface area contributed by atoms with E-state index in [1.54, 1.807) is 0 Å². The summed E-state index contributed by atoms with van der Waals surface area (Å²) in [5.74, 6) is 5.24. The van der Waals surface area contributed by atoms with Gasteiger partial charge in [-0.05, 0) is 5.92 Å². The number of nitrogens with zero attached hydrogens (tertiary/aromatic N) is 2. The van der Waals surface area contributed by atoms with Gasteiger partial charge in [0.2, 0.25) is 0 Å². The molecule has 74 valence electrons. The van der Waals surface area contributed by atoms with E-state index in [1.165, 1.54) is 6.33 Å². The third-order valence-corrected chi connectivity index (χ3v) is 1.76. The average Bonchev–Trinajstić information content (AvgIpc) is 2.63. The molecule has 0 bridgehead atoms. The number of aldehydes is 1. The van der Waals surface area contributed by atoms with Gasteiger partial charge in [0, 0.05) is 0 Å². The van der Waals surface area contributed by atoms with E-state index in [1.807, 2.05) is 0 Å². The molecule has 0 amide bonds. The molecule has 2 heterocycles. The van der Waals surface area contributed by atoms with Gasteiger partial charge in [0.1, 0.15) is 17.4 Å². The summed E-state index contributed by atoms with van der Waals surface area (Å²) in [4.78, 5) is 27.7. The summed E-state index contributed by atoms with van der Waals surface area (Å²) in [5.41, 5.74) is 0.388. The molecule has 2 rings (SSSR count). The fourth-order valence-electron chi connectivity index (χ4n) is 1.14. The quantitative estimate of drug-likeness (QED) is 0.485. The molecule has 0 unspecified atom stereocenters. The van der Waals surface area contributed by atoms with Gasteiger partial charge >= 0.3 is 0 Å². The van der Waals surface area contributed by atoms with Crippen molar-refractivity contribution in [3.63, 3.8) is 0 Å². The Morgan fingerprint density at radius 2 is 2.40 bits per heavy atom. The van der Waals surface area contributed by atoms with E-state index in [0.717, 1.165) is 0 Å². The summed E-state index contributed by atoms with van der Waals surface area (Å²) in [7, 11) is 0. The van der Waals surface area contributed by atoms with Crippen molar-refractivity contribution in [2.45, 2.75) is 6.42 Å². The second-order valence-electron chi connectivity index (χ2n) is 2.70. The minimum atomic E-state index is -0.302. The van der Waals surface area contributed by atoms with Crippen LogP contribution in [-0.2, 0) is 4.79 Å². The smallest absolute Gasteiger partial charge is 0.263 e. The lowest BCUT2D eigenvalue weighted by atomic mass is 10.3. The average molecular weight is 202 g/mol. The van der Waals surface area contributed by atoms with Crippen molar-refractivity contribution >= 4 is 17.3 Å². The van der Waals surface area contributed by atoms with Crippen molar-refractivity contribution in [2.75, 3.05) is 0 Å². The Morgan fingerprint density at radius 3 is 3.20 bits per heavy atom. The van der Waals surface area contributed by atoms with Crippen LogP contribution < -0.4 is 5.56 Å². The van der Waals surface area contributed by atoms with Gasteiger partial charge in [-0.3, -0.25) is 9.89 Å². The fourth-order valence-corrected chi connectivity index (χ4v) is 1.14. The summed E-state index contributed by atoms with van der Waals surface area (Å²) in [6.07, 6.45) is 2.08. The number of aromatic nitrogens is 4. The number of hydrogen-bond donors (Lipinski definition) is 2. The molecule has 6 nitrogen and oxygen atoms in total. The predicted octanol–water partition coefficient (Wildman–Crippen LogP) is -0.413. The van der Waals surface area contributed by atoms with Gasteiger partial charge in [0.25, 0.3) is 5.56 Å². The number of carbonyl (C=O) groups is 1. The molecule has 0 spiro atoms. The zero-order valence-corrected chi connectivity index (χ0v) is 7.57. The molecule has 0 aliphatic carbocycles. The molecule has 0 aromatic carbocycles. The lowest BCUT2D eigenvalue weighted by molar-refractivity contribution is -0.107. The van der Waals surface area contributed by atoms with E-state index in [-0.39, 0.29) is 12.0 Å². The molecule has 0 fully saturated rings. The van der Waals surface area contributed by atoms with Crippen LogP contribution in [0.1, 0.15) is 12.1 Å². The number of H-pyrrole nitrogens is 2. The number of aromatic amines is 2. The Bertz CT molecular complexity index is 614. The van der Waals surface area contributed by atoms with Crippen LogP contribution in [0, 0.1) is 11.8 Å². The van der Waals surface area contributed by atoms with Crippen molar-refractivity contribution in [1.29, 1.82) is 0 Å². The topological polar surface area (TPSA) is 91.5 Å². The van der Waals surface area contributed by atoms with Crippen LogP contribution >= 0.6 is 0 Å². The van der Waals surface area contributed by atoms with Crippen LogP contribution in [0.25, 0.3) is 11.0 Å². The molecule has 6 heteroatoms. The van der Waals surface area contributed by atoms with E-state index >= 15 is 0 Å². The summed E-state index contributed by atoms with van der Waals surface area (Å²) in [5, 5.41) is 6.72. The van der Waals surface area contributed by atoms with E-state index in [0.29, 0.717) is 23.0 Å². The van der Waals surface area contributed by atoms with Crippen molar-refractivity contribution in [1.82, 2.24) is 20.2 Å². The molecule has 0 atom stereocenters. The van der Waals surface area contributed by atoms with Crippen molar-refractivity contribution in [3.05, 3.63) is 22.4 Å². The number of nitrogens with one attached hydrogen (secondary N) is 2. The van der Waals surface area contributed by atoms with E-state index in [4.69, 9.17) is 0 Å². The zero-order valence-electron chi connectivity index (χ0n) is 7.57. The first kappa shape index (κ1) is 9.15. The predicted molar refractivity (Wildman–Crippen MR) is 52.1 cm³/mol. The first-order valence-electron chi connectivity index (χ1n) is 4.17. The molecular weight excluding hydrogens is 196 g/mol. The second-order valence-corrected chi connectivity index (χ2v) is 2.70. The molecule has 2 aromatic rings. The number of hydrogen-bond acceptors (Lipinski definition) is 4. The monoisotopic (exact) mass is 202 g/mol. The second kappa shape index (κ2) is 3.75. The van der Waals surface area contributed by atoms with Crippen LogP contribution in [-0.4, -0.2) is 26.5 Å². The molecule has 0 radical (unpaired) electrons. The van der Waals surface area contributed by atoms with Crippen LogP contribution in [0.15, 0.2) is 11.1 Å². The van der Waals surface area contributed by atoms with Crippen molar-refractivity contribution in [2.24, 2.45) is 0 Å². The van der Waals surface area contributed by atoms with E-state index in [2.05, 4.69) is 32.0 Å². The summed E-state index contributed by atoms with van der Waals surface area (Å²) in [6.45, 7) is 0. The Labute approximate surface area is 83.7 Å². The lowest BCUT2D eigenvalue weighted by Gasteiger charge is -1.84. The van der Waals surface area contributed by atoms with Crippen molar-refractivity contribution < 1.29 is 4.79 Å². The third kappa shape index (κ3) is 1.62. The van der Waals surface area contributed by atoms with Gasteiger partial charge in [0.15, 0.2) is 5.65 Å². The Balaban J connectivity index is 2.59. The lowest BCUT2D eigenvalue weighted by Crippen LogP contribution is -2.05. The van der Waals surface area contributed by atoms with Gasteiger partial charge in [0.05, 0.1) is 12.7 Å². The van der Waals surface area contributed by atoms with Crippen LogP contribution in [0.4, 0.5) is 0 Å². The highest BCUT2D eigenvalue weighted by Crippen LogP contribution is 2.05. The molecular formula is C9H6N4O2. The molecule has 0 saturated heterocycles. The highest BCUT2D eigenvalue weighted by Gasteiger charge is 2.07. The first-order chi connectivity index (χ1) is 7.33. The number of carbonyl (C=O) groups excluding carboxylic acids is 1. The standard InChI is InChI=1S/C9H6N4O2/c14-4-2-1-3-6-7-8(13-12-6)10-5-11-9(7)15/h4-5H,2H2,(H2,10,11,12,13,15). The minimum Gasteiger partial charge on any atom is -0.312 e. The number of fused-ring (bicyclic) bond motifs is 1. The molecule has 2 N–H and O–H groups in total. The van der Waals surface area contributed by atoms with Crippen LogP contribution in [0.2, 0.25) is 0 Å². The fraction of sp³-hybridized carbons (Fsp3) is 0.111. The third-order valence-electron chi connectivity index (χ3n) is 1.76. The maximum absolute atomic E-state index is 11.4. The van der Waals surface area contributed by atoms with Crippen LogP contribution in [0.3, 0.4) is 0 Å². The van der Waals surface area contributed by atoms with Gasteiger partial charge in [-0.25, -0.2) is 4.98 Å². The summed E-state index contributed by atoms with van der Waals surface area (Å²) >= 11 is 0. The molecule has 0 aliphatic rings. The van der Waals surface area contributed by atoms with E-state index < -0.39 is 0 Å². The minimum absolute atomic E-state index is 0.124. The summed E-state index contributed by atoms with van der Waals surface area (Å²) in [6, 6.07) is 0. The van der Waals surface area contributed by atoms with Gasteiger partial charge in [-0.2, -0.15) is 5.10 Å². The normalized spacial score (nSPS) is 9.60. The molecule has 0 aliphatic heterocycles. The Kier molecular flexibility index (Phi) is 2.29. The number of rotatable bonds is 1. The first-order valence-corrected chi connectivity index (χ1v) is 4.17. The maximum atomic E-state index is 11.4.